The second kappa shape index (κ2) is 5.41. The summed E-state index contributed by atoms with van der Waals surface area (Å²) in [5, 5.41) is 11.3. The molecular weight excluding hydrogens is 204 g/mol. The van der Waals surface area contributed by atoms with Crippen molar-refractivity contribution in [3.63, 3.8) is 0 Å². The Hall–Kier alpha value is -0.940. The summed E-state index contributed by atoms with van der Waals surface area (Å²) in [5.41, 5.74) is 0. The van der Waals surface area contributed by atoms with E-state index in [9.17, 15) is 0 Å². The number of aromatic nitrogens is 3. The summed E-state index contributed by atoms with van der Waals surface area (Å²) in [5.74, 6) is 0. The quantitative estimate of drug-likeness (QED) is 0.823. The molecule has 2 rings (SSSR count). The van der Waals surface area contributed by atoms with Gasteiger partial charge in [-0.1, -0.05) is 5.21 Å². The predicted octanol–water partition coefficient (Wildman–Crippen LogP) is 0.824. The lowest BCUT2D eigenvalue weighted by atomic mass is 10.00. The number of rotatable bonds is 4. The third kappa shape index (κ3) is 3.28. The smallest absolute Gasteiger partial charge is 0.0692 e. The number of hydrogen-bond acceptors (Lipinski definition) is 4. The molecule has 5 heteroatoms. The van der Waals surface area contributed by atoms with E-state index in [1.807, 2.05) is 10.9 Å². The van der Waals surface area contributed by atoms with E-state index in [-0.39, 0.29) is 0 Å². The van der Waals surface area contributed by atoms with Gasteiger partial charge in [0.2, 0.25) is 0 Å². The van der Waals surface area contributed by atoms with Crippen LogP contribution in [0.2, 0.25) is 0 Å². The topological polar surface area (TPSA) is 52.0 Å². The van der Waals surface area contributed by atoms with Gasteiger partial charge in [-0.15, -0.1) is 5.10 Å². The van der Waals surface area contributed by atoms with Crippen molar-refractivity contribution in [1.29, 1.82) is 0 Å². The zero-order valence-corrected chi connectivity index (χ0v) is 9.97. The monoisotopic (exact) mass is 224 g/mol. The van der Waals surface area contributed by atoms with Crippen LogP contribution >= 0.6 is 0 Å². The molecule has 90 valence electrons. The molecule has 0 saturated carbocycles. The summed E-state index contributed by atoms with van der Waals surface area (Å²) in [6.07, 6.45) is 6.53. The zero-order chi connectivity index (χ0) is 11.4. The Kier molecular flexibility index (Phi) is 3.90. The summed E-state index contributed by atoms with van der Waals surface area (Å²) in [7, 11) is 0. The van der Waals surface area contributed by atoms with E-state index < -0.39 is 0 Å². The maximum absolute atomic E-state index is 5.70. The van der Waals surface area contributed by atoms with Crippen LogP contribution in [0.1, 0.15) is 26.7 Å². The average molecular weight is 224 g/mol. The van der Waals surface area contributed by atoms with E-state index >= 15 is 0 Å². The SMILES string of the molecule is CC1CC(NCCn2ccnn2)CC(C)O1. The van der Waals surface area contributed by atoms with Gasteiger partial charge in [0.05, 0.1) is 24.9 Å². The molecule has 5 nitrogen and oxygen atoms in total. The molecule has 0 aromatic carbocycles. The third-order valence-electron chi connectivity index (χ3n) is 2.94. The first-order valence-corrected chi connectivity index (χ1v) is 5.97. The molecule has 0 bridgehead atoms. The average Bonchev–Trinajstić information content (AvgIpc) is 2.69. The fourth-order valence-electron chi connectivity index (χ4n) is 2.31. The molecule has 2 atom stereocenters. The number of hydrogen-bond donors (Lipinski definition) is 1. The van der Waals surface area contributed by atoms with Crippen LogP contribution in [0.4, 0.5) is 0 Å². The fraction of sp³-hybridized carbons (Fsp3) is 0.818. The number of ether oxygens (including phenoxy) is 1. The molecule has 16 heavy (non-hydrogen) atoms. The van der Waals surface area contributed by atoms with Gasteiger partial charge in [0.1, 0.15) is 0 Å². The minimum Gasteiger partial charge on any atom is -0.375 e. The van der Waals surface area contributed by atoms with Crippen molar-refractivity contribution in [1.82, 2.24) is 20.3 Å². The van der Waals surface area contributed by atoms with Gasteiger partial charge in [-0.3, -0.25) is 4.68 Å². The van der Waals surface area contributed by atoms with E-state index in [2.05, 4.69) is 29.5 Å². The van der Waals surface area contributed by atoms with Crippen molar-refractivity contribution in [3.05, 3.63) is 12.4 Å². The second-order valence-electron chi connectivity index (χ2n) is 4.55. The lowest BCUT2D eigenvalue weighted by Crippen LogP contribution is -2.42. The van der Waals surface area contributed by atoms with Gasteiger partial charge in [-0.25, -0.2) is 0 Å². The molecule has 0 radical (unpaired) electrons. The van der Waals surface area contributed by atoms with Crippen LogP contribution in [0.5, 0.6) is 0 Å². The Balaban J connectivity index is 1.69. The van der Waals surface area contributed by atoms with Crippen LogP contribution < -0.4 is 5.32 Å². The van der Waals surface area contributed by atoms with Gasteiger partial charge in [-0.05, 0) is 26.7 Å². The minimum atomic E-state index is 0.368. The van der Waals surface area contributed by atoms with E-state index in [0.717, 1.165) is 25.9 Å². The van der Waals surface area contributed by atoms with Crippen LogP contribution in [0, 0.1) is 0 Å². The van der Waals surface area contributed by atoms with Crippen LogP contribution in [0.3, 0.4) is 0 Å². The van der Waals surface area contributed by atoms with Crippen molar-refractivity contribution in [2.75, 3.05) is 6.54 Å². The molecule has 1 fully saturated rings. The van der Waals surface area contributed by atoms with E-state index in [0.29, 0.717) is 18.2 Å². The van der Waals surface area contributed by atoms with Crippen LogP contribution in [-0.4, -0.2) is 39.8 Å². The first-order valence-electron chi connectivity index (χ1n) is 5.97. The predicted molar refractivity (Wildman–Crippen MR) is 61.1 cm³/mol. The number of nitrogens with one attached hydrogen (secondary N) is 1. The first kappa shape index (κ1) is 11.5. The van der Waals surface area contributed by atoms with Gasteiger partial charge < -0.3 is 10.1 Å². The van der Waals surface area contributed by atoms with Crippen molar-refractivity contribution in [3.8, 4) is 0 Å². The normalized spacial score (nSPS) is 30.5. The molecule has 0 amide bonds. The van der Waals surface area contributed by atoms with Crippen LogP contribution in [-0.2, 0) is 11.3 Å². The summed E-state index contributed by atoms with van der Waals surface area (Å²) < 4.78 is 7.55. The molecule has 0 aliphatic carbocycles. The van der Waals surface area contributed by atoms with Gasteiger partial charge in [0.25, 0.3) is 0 Å². The second-order valence-corrected chi connectivity index (χ2v) is 4.55. The molecule has 1 aromatic heterocycles. The zero-order valence-electron chi connectivity index (χ0n) is 9.97. The molecule has 1 aliphatic heterocycles. The van der Waals surface area contributed by atoms with Gasteiger partial charge in [0.15, 0.2) is 0 Å². The van der Waals surface area contributed by atoms with E-state index in [1.54, 1.807) is 6.20 Å². The fourth-order valence-corrected chi connectivity index (χ4v) is 2.31. The van der Waals surface area contributed by atoms with Crippen molar-refractivity contribution >= 4 is 0 Å². The highest BCUT2D eigenvalue weighted by atomic mass is 16.5. The molecule has 1 aliphatic rings. The molecule has 1 saturated heterocycles. The maximum Gasteiger partial charge on any atom is 0.0692 e. The Labute approximate surface area is 96.2 Å². The third-order valence-corrected chi connectivity index (χ3v) is 2.94. The first-order chi connectivity index (χ1) is 7.74. The molecule has 1 aromatic rings. The number of nitrogens with zero attached hydrogens (tertiary/aromatic N) is 3. The summed E-state index contributed by atoms with van der Waals surface area (Å²) in [4.78, 5) is 0. The largest absolute Gasteiger partial charge is 0.375 e. The van der Waals surface area contributed by atoms with E-state index in [1.165, 1.54) is 0 Å². The minimum absolute atomic E-state index is 0.368. The Morgan fingerprint density at radius 2 is 2.12 bits per heavy atom. The molecule has 2 unspecified atom stereocenters. The Morgan fingerprint density at radius 3 is 2.75 bits per heavy atom. The molecule has 2 heterocycles. The van der Waals surface area contributed by atoms with Gasteiger partial charge in [0, 0.05) is 18.8 Å². The Bertz CT molecular complexity index is 291. The van der Waals surface area contributed by atoms with Crippen molar-refractivity contribution < 1.29 is 4.74 Å². The highest BCUT2D eigenvalue weighted by Gasteiger charge is 2.23. The van der Waals surface area contributed by atoms with Crippen LogP contribution in [0.15, 0.2) is 12.4 Å². The highest BCUT2D eigenvalue weighted by Crippen LogP contribution is 2.18. The van der Waals surface area contributed by atoms with Gasteiger partial charge >= 0.3 is 0 Å². The van der Waals surface area contributed by atoms with Crippen molar-refractivity contribution in [2.45, 2.75) is 51.5 Å². The van der Waals surface area contributed by atoms with Crippen LogP contribution in [0.25, 0.3) is 0 Å². The lowest BCUT2D eigenvalue weighted by molar-refractivity contribution is -0.0420. The van der Waals surface area contributed by atoms with Gasteiger partial charge in [-0.2, -0.15) is 0 Å². The summed E-state index contributed by atoms with van der Waals surface area (Å²) in [6.45, 7) is 6.09. The summed E-state index contributed by atoms with van der Waals surface area (Å²) >= 11 is 0. The van der Waals surface area contributed by atoms with Crippen molar-refractivity contribution in [2.24, 2.45) is 0 Å². The van der Waals surface area contributed by atoms with E-state index in [4.69, 9.17) is 4.74 Å². The lowest BCUT2D eigenvalue weighted by Gasteiger charge is -2.32. The highest BCUT2D eigenvalue weighted by molar-refractivity contribution is 4.78. The maximum atomic E-state index is 5.70. The standard InChI is InChI=1S/C11H20N4O/c1-9-7-11(8-10(2)16-9)12-3-5-15-6-4-13-14-15/h4,6,9-12H,3,5,7-8H2,1-2H3. The molecule has 1 N–H and O–H groups in total. The Morgan fingerprint density at radius 1 is 1.38 bits per heavy atom. The summed E-state index contributed by atoms with van der Waals surface area (Å²) in [6, 6.07) is 0.572. The molecular formula is C11H20N4O. The molecule has 0 spiro atoms.